The molecular formula is C21H21N7O2. The number of carbonyl (C=O) groups excluding carboxylic acids is 1. The van der Waals surface area contributed by atoms with E-state index in [0.717, 1.165) is 11.3 Å². The van der Waals surface area contributed by atoms with Crippen molar-refractivity contribution in [1.29, 1.82) is 0 Å². The molecule has 1 aliphatic heterocycles. The Kier molecular flexibility index (Phi) is 5.01. The van der Waals surface area contributed by atoms with E-state index < -0.39 is 0 Å². The first-order valence-corrected chi connectivity index (χ1v) is 9.30. The van der Waals surface area contributed by atoms with Gasteiger partial charge >= 0.3 is 0 Å². The molecule has 0 radical (unpaired) electrons. The van der Waals surface area contributed by atoms with E-state index in [1.807, 2.05) is 36.2 Å². The maximum Gasteiger partial charge on any atom is 0.270 e. The number of carbonyl (C=O) groups is 1. The average molecular weight is 403 g/mol. The minimum atomic E-state index is -0.0537. The highest BCUT2D eigenvalue weighted by Gasteiger charge is 2.24. The Morgan fingerprint density at radius 1 is 1.10 bits per heavy atom. The number of likely N-dealkylation sites (N-methyl/N-ethyl adjacent to an activating group) is 1. The molecule has 3 aromatic rings. The SMILES string of the molecule is CN(C)C(=O)c1ccc(C2=NC(c3nnc(-c4ccccn4)o3)=C(N)N(C)C2)cc1. The van der Waals surface area contributed by atoms with Crippen LogP contribution in [0.5, 0.6) is 0 Å². The Morgan fingerprint density at radius 3 is 2.50 bits per heavy atom. The lowest BCUT2D eigenvalue weighted by molar-refractivity contribution is 0.0827. The summed E-state index contributed by atoms with van der Waals surface area (Å²) in [5, 5.41) is 8.18. The van der Waals surface area contributed by atoms with Gasteiger partial charge in [0.25, 0.3) is 17.7 Å². The highest BCUT2D eigenvalue weighted by Crippen LogP contribution is 2.26. The molecule has 1 amide bonds. The molecule has 9 heteroatoms. The third-order valence-electron chi connectivity index (χ3n) is 4.67. The molecule has 3 heterocycles. The first-order chi connectivity index (χ1) is 14.4. The van der Waals surface area contributed by atoms with Crippen LogP contribution in [0.4, 0.5) is 0 Å². The summed E-state index contributed by atoms with van der Waals surface area (Å²) in [7, 11) is 5.31. The van der Waals surface area contributed by atoms with Crippen LogP contribution in [0, 0.1) is 0 Å². The number of rotatable bonds is 4. The fourth-order valence-electron chi connectivity index (χ4n) is 3.01. The quantitative estimate of drug-likeness (QED) is 0.707. The Balaban J connectivity index is 1.67. The van der Waals surface area contributed by atoms with Gasteiger partial charge in [-0.2, -0.15) is 0 Å². The number of hydrogen-bond donors (Lipinski definition) is 1. The van der Waals surface area contributed by atoms with Crippen LogP contribution >= 0.6 is 0 Å². The fourth-order valence-corrected chi connectivity index (χ4v) is 3.01. The summed E-state index contributed by atoms with van der Waals surface area (Å²) < 4.78 is 5.78. The number of nitrogens with two attached hydrogens (primary N) is 1. The fraction of sp³-hybridized carbons (Fsp3) is 0.190. The van der Waals surface area contributed by atoms with Crippen molar-refractivity contribution in [1.82, 2.24) is 25.0 Å². The van der Waals surface area contributed by atoms with E-state index in [0.29, 0.717) is 35.2 Å². The van der Waals surface area contributed by atoms with Gasteiger partial charge in [-0.15, -0.1) is 10.2 Å². The van der Waals surface area contributed by atoms with Crippen molar-refractivity contribution in [2.24, 2.45) is 10.7 Å². The standard InChI is InChI=1S/C21H21N7O2/c1-27(2)21(29)14-9-7-13(8-10-14)16-12-28(3)18(22)17(24-16)20-26-25-19(30-20)15-6-4-5-11-23-15/h4-11H,12,22H2,1-3H3. The van der Waals surface area contributed by atoms with Gasteiger partial charge in [-0.1, -0.05) is 18.2 Å². The maximum atomic E-state index is 12.1. The van der Waals surface area contributed by atoms with Crippen LogP contribution in [-0.2, 0) is 0 Å². The van der Waals surface area contributed by atoms with Crippen molar-refractivity contribution in [2.75, 3.05) is 27.7 Å². The Morgan fingerprint density at radius 2 is 1.83 bits per heavy atom. The maximum absolute atomic E-state index is 12.1. The molecule has 0 aliphatic carbocycles. The number of aliphatic imine (C=N–C) groups is 1. The summed E-state index contributed by atoms with van der Waals surface area (Å²) in [5.74, 6) is 0.899. The normalized spacial score (nSPS) is 14.0. The molecule has 0 fully saturated rings. The van der Waals surface area contributed by atoms with Gasteiger partial charge in [0.2, 0.25) is 0 Å². The highest BCUT2D eigenvalue weighted by atomic mass is 16.4. The van der Waals surface area contributed by atoms with Gasteiger partial charge in [0, 0.05) is 32.9 Å². The number of benzene rings is 1. The number of nitrogens with zero attached hydrogens (tertiary/aromatic N) is 6. The third kappa shape index (κ3) is 3.64. The van der Waals surface area contributed by atoms with Crippen molar-refractivity contribution >= 4 is 17.3 Å². The summed E-state index contributed by atoms with van der Waals surface area (Å²) in [5.41, 5.74) is 9.50. The predicted molar refractivity (Wildman–Crippen MR) is 112 cm³/mol. The lowest BCUT2D eigenvalue weighted by atomic mass is 10.1. The molecular weight excluding hydrogens is 382 g/mol. The molecule has 0 unspecified atom stereocenters. The van der Waals surface area contributed by atoms with Crippen LogP contribution < -0.4 is 5.73 Å². The van der Waals surface area contributed by atoms with E-state index in [2.05, 4.69) is 20.2 Å². The van der Waals surface area contributed by atoms with Crippen molar-refractivity contribution in [3.8, 4) is 11.6 Å². The summed E-state index contributed by atoms with van der Waals surface area (Å²) in [4.78, 5) is 24.4. The molecule has 2 aromatic heterocycles. The molecule has 2 N–H and O–H groups in total. The molecule has 4 rings (SSSR count). The molecule has 0 saturated carbocycles. The number of pyridine rings is 1. The van der Waals surface area contributed by atoms with Gasteiger partial charge in [-0.05, 0) is 29.8 Å². The minimum Gasteiger partial charge on any atom is -0.413 e. The van der Waals surface area contributed by atoms with Crippen LogP contribution in [0.3, 0.4) is 0 Å². The lowest BCUT2D eigenvalue weighted by Crippen LogP contribution is -2.34. The molecule has 0 spiro atoms. The Hall–Kier alpha value is -4.01. The van der Waals surface area contributed by atoms with Gasteiger partial charge in [-0.25, -0.2) is 4.99 Å². The predicted octanol–water partition coefficient (Wildman–Crippen LogP) is 1.85. The molecule has 152 valence electrons. The van der Waals surface area contributed by atoms with Gasteiger partial charge in [0.05, 0.1) is 12.3 Å². The van der Waals surface area contributed by atoms with E-state index in [1.165, 1.54) is 4.90 Å². The second kappa shape index (κ2) is 7.78. The summed E-state index contributed by atoms with van der Waals surface area (Å²) in [6.45, 7) is 0.511. The van der Waals surface area contributed by atoms with Gasteiger partial charge in [-0.3, -0.25) is 9.78 Å². The van der Waals surface area contributed by atoms with Crippen molar-refractivity contribution < 1.29 is 9.21 Å². The van der Waals surface area contributed by atoms with E-state index >= 15 is 0 Å². The van der Waals surface area contributed by atoms with Gasteiger partial charge < -0.3 is 20.0 Å². The van der Waals surface area contributed by atoms with Crippen LogP contribution in [0.25, 0.3) is 17.3 Å². The zero-order valence-corrected chi connectivity index (χ0v) is 16.9. The largest absolute Gasteiger partial charge is 0.413 e. The Labute approximate surface area is 173 Å². The number of hydrogen-bond acceptors (Lipinski definition) is 8. The van der Waals surface area contributed by atoms with E-state index in [1.54, 1.807) is 38.5 Å². The zero-order chi connectivity index (χ0) is 21.3. The number of aromatic nitrogens is 3. The van der Waals surface area contributed by atoms with Crippen LogP contribution in [0.1, 0.15) is 21.8 Å². The van der Waals surface area contributed by atoms with Gasteiger partial charge in [0.1, 0.15) is 11.5 Å². The average Bonchev–Trinajstić information content (AvgIpc) is 3.26. The molecule has 0 atom stereocenters. The van der Waals surface area contributed by atoms with Crippen LogP contribution in [0.15, 0.2) is 63.9 Å². The summed E-state index contributed by atoms with van der Waals surface area (Å²) in [6, 6.07) is 12.7. The molecule has 0 bridgehead atoms. The monoisotopic (exact) mass is 403 g/mol. The van der Waals surface area contributed by atoms with E-state index in [4.69, 9.17) is 10.2 Å². The summed E-state index contributed by atoms with van der Waals surface area (Å²) >= 11 is 0. The smallest absolute Gasteiger partial charge is 0.270 e. The highest BCUT2D eigenvalue weighted by molar-refractivity contribution is 6.06. The molecule has 30 heavy (non-hydrogen) atoms. The summed E-state index contributed by atoms with van der Waals surface area (Å²) in [6.07, 6.45) is 1.65. The first kappa shape index (κ1) is 19.3. The number of amides is 1. The van der Waals surface area contributed by atoms with Crippen LogP contribution in [-0.4, -0.2) is 64.3 Å². The minimum absolute atomic E-state index is 0.0537. The molecule has 1 aromatic carbocycles. The zero-order valence-electron chi connectivity index (χ0n) is 16.9. The van der Waals surface area contributed by atoms with Crippen molar-refractivity contribution in [3.05, 3.63) is 71.5 Å². The second-order valence-corrected chi connectivity index (χ2v) is 7.05. The van der Waals surface area contributed by atoms with E-state index in [9.17, 15) is 4.79 Å². The third-order valence-corrected chi connectivity index (χ3v) is 4.67. The molecule has 1 aliphatic rings. The molecule has 9 nitrogen and oxygen atoms in total. The lowest BCUT2D eigenvalue weighted by Gasteiger charge is -2.26. The Bertz CT molecular complexity index is 1130. The second-order valence-electron chi connectivity index (χ2n) is 7.05. The van der Waals surface area contributed by atoms with Crippen molar-refractivity contribution in [2.45, 2.75) is 0 Å². The van der Waals surface area contributed by atoms with E-state index in [-0.39, 0.29) is 11.8 Å². The van der Waals surface area contributed by atoms with Crippen LogP contribution in [0.2, 0.25) is 0 Å². The van der Waals surface area contributed by atoms with Gasteiger partial charge in [0.15, 0.2) is 5.70 Å². The topological polar surface area (TPSA) is 114 Å². The van der Waals surface area contributed by atoms with Crippen molar-refractivity contribution in [3.63, 3.8) is 0 Å². The molecule has 0 saturated heterocycles. The first-order valence-electron chi connectivity index (χ1n) is 9.30.